The van der Waals surface area contributed by atoms with Gasteiger partial charge in [-0.05, 0) is 18.2 Å². The van der Waals surface area contributed by atoms with Gasteiger partial charge in [-0.3, -0.25) is 9.59 Å². The number of hydrogen-bond donors (Lipinski definition) is 2. The van der Waals surface area contributed by atoms with E-state index in [1.54, 1.807) is 39.2 Å². The third kappa shape index (κ3) is 3.94. The van der Waals surface area contributed by atoms with Gasteiger partial charge in [0.25, 0.3) is 5.91 Å². The van der Waals surface area contributed by atoms with Crippen LogP contribution < -0.4 is 11.1 Å². The smallest absolute Gasteiger partial charge is 0.254 e. The predicted octanol–water partition coefficient (Wildman–Crippen LogP) is 1.58. The summed E-state index contributed by atoms with van der Waals surface area (Å²) in [5.41, 5.74) is 6.36. The predicted molar refractivity (Wildman–Crippen MR) is 76.3 cm³/mol. The van der Waals surface area contributed by atoms with Crippen LogP contribution >= 0.6 is 11.6 Å². The molecule has 0 aliphatic heterocycles. The minimum atomic E-state index is -0.276. The van der Waals surface area contributed by atoms with Gasteiger partial charge in [0.05, 0.1) is 10.6 Å². The molecule has 3 N–H and O–H groups in total. The van der Waals surface area contributed by atoms with E-state index in [4.69, 9.17) is 17.3 Å². The molecule has 0 spiro atoms. The lowest BCUT2D eigenvalue weighted by Gasteiger charge is -2.14. The summed E-state index contributed by atoms with van der Waals surface area (Å²) in [6.07, 6.45) is 0. The van der Waals surface area contributed by atoms with Gasteiger partial charge >= 0.3 is 0 Å². The SMILES string of the molecule is CC(CN)C(=O)Nc1ccc(C(=O)N(C)C)c(Cl)c1. The van der Waals surface area contributed by atoms with Gasteiger partial charge in [-0.2, -0.15) is 0 Å². The lowest BCUT2D eigenvalue weighted by Crippen LogP contribution is -2.26. The Morgan fingerprint density at radius 1 is 1.42 bits per heavy atom. The molecule has 0 aliphatic carbocycles. The summed E-state index contributed by atoms with van der Waals surface area (Å²) < 4.78 is 0. The number of carbonyl (C=O) groups excluding carboxylic acids is 2. The van der Waals surface area contributed by atoms with Gasteiger partial charge in [0.2, 0.25) is 5.91 Å². The number of anilines is 1. The van der Waals surface area contributed by atoms with Crippen LogP contribution in [0.2, 0.25) is 5.02 Å². The van der Waals surface area contributed by atoms with Crippen LogP contribution in [0.3, 0.4) is 0 Å². The maximum atomic E-state index is 11.8. The molecule has 0 heterocycles. The Balaban J connectivity index is 2.89. The molecule has 5 nitrogen and oxygen atoms in total. The van der Waals surface area contributed by atoms with Gasteiger partial charge in [0.15, 0.2) is 0 Å². The van der Waals surface area contributed by atoms with Crippen molar-refractivity contribution in [2.45, 2.75) is 6.92 Å². The zero-order valence-electron chi connectivity index (χ0n) is 11.2. The van der Waals surface area contributed by atoms with E-state index in [2.05, 4.69) is 5.32 Å². The first-order valence-electron chi connectivity index (χ1n) is 5.89. The van der Waals surface area contributed by atoms with Crippen molar-refractivity contribution in [1.82, 2.24) is 4.90 Å². The maximum Gasteiger partial charge on any atom is 0.254 e. The molecule has 1 aromatic carbocycles. The van der Waals surface area contributed by atoms with Crippen molar-refractivity contribution in [3.05, 3.63) is 28.8 Å². The first-order chi connectivity index (χ1) is 8.86. The minimum Gasteiger partial charge on any atom is -0.345 e. The molecule has 2 amide bonds. The Hall–Kier alpha value is -1.59. The van der Waals surface area contributed by atoms with E-state index < -0.39 is 0 Å². The number of nitrogens with two attached hydrogens (primary N) is 1. The highest BCUT2D eigenvalue weighted by molar-refractivity contribution is 6.34. The lowest BCUT2D eigenvalue weighted by molar-refractivity contribution is -0.119. The highest BCUT2D eigenvalue weighted by atomic mass is 35.5. The third-order valence-electron chi connectivity index (χ3n) is 2.67. The second-order valence-electron chi connectivity index (χ2n) is 4.52. The van der Waals surface area contributed by atoms with Gasteiger partial charge in [-0.25, -0.2) is 0 Å². The van der Waals surface area contributed by atoms with Crippen LogP contribution in [0.15, 0.2) is 18.2 Å². The molecule has 0 fully saturated rings. The van der Waals surface area contributed by atoms with E-state index in [0.29, 0.717) is 16.3 Å². The van der Waals surface area contributed by atoms with Crippen molar-refractivity contribution in [2.75, 3.05) is 26.0 Å². The van der Waals surface area contributed by atoms with E-state index in [1.807, 2.05) is 0 Å². The van der Waals surface area contributed by atoms with E-state index in [1.165, 1.54) is 4.90 Å². The molecule has 0 saturated heterocycles. The third-order valence-corrected chi connectivity index (χ3v) is 2.99. The molecule has 0 aromatic heterocycles. The highest BCUT2D eigenvalue weighted by Crippen LogP contribution is 2.22. The summed E-state index contributed by atoms with van der Waals surface area (Å²) in [7, 11) is 3.30. The average molecular weight is 284 g/mol. The number of benzene rings is 1. The fraction of sp³-hybridized carbons (Fsp3) is 0.385. The molecule has 6 heteroatoms. The van der Waals surface area contributed by atoms with Gasteiger partial charge in [-0.1, -0.05) is 18.5 Å². The van der Waals surface area contributed by atoms with Crippen LogP contribution in [0, 0.1) is 5.92 Å². The van der Waals surface area contributed by atoms with Gasteiger partial charge in [0, 0.05) is 32.2 Å². The molecule has 1 rings (SSSR count). The van der Waals surface area contributed by atoms with Gasteiger partial charge in [-0.15, -0.1) is 0 Å². The maximum absolute atomic E-state index is 11.8. The Morgan fingerprint density at radius 2 is 2.05 bits per heavy atom. The molecule has 104 valence electrons. The number of amides is 2. The Labute approximate surface area is 117 Å². The van der Waals surface area contributed by atoms with Gasteiger partial charge in [0.1, 0.15) is 0 Å². The first-order valence-corrected chi connectivity index (χ1v) is 6.26. The topological polar surface area (TPSA) is 75.4 Å². The quantitative estimate of drug-likeness (QED) is 0.881. The monoisotopic (exact) mass is 283 g/mol. The fourth-order valence-electron chi connectivity index (χ4n) is 1.38. The summed E-state index contributed by atoms with van der Waals surface area (Å²) >= 11 is 6.04. The second kappa shape index (κ2) is 6.54. The van der Waals surface area contributed by atoms with E-state index in [0.717, 1.165) is 0 Å². The number of rotatable bonds is 4. The van der Waals surface area contributed by atoms with Crippen molar-refractivity contribution in [3.8, 4) is 0 Å². The molecular formula is C13H18ClN3O2. The van der Waals surface area contributed by atoms with Crippen LogP contribution in [0.5, 0.6) is 0 Å². The summed E-state index contributed by atoms with van der Waals surface area (Å²) in [4.78, 5) is 24.9. The molecule has 19 heavy (non-hydrogen) atoms. The van der Waals surface area contributed by atoms with Crippen LogP contribution in [0.1, 0.15) is 17.3 Å². The van der Waals surface area contributed by atoms with Crippen molar-refractivity contribution in [1.29, 1.82) is 0 Å². The zero-order chi connectivity index (χ0) is 14.6. The minimum absolute atomic E-state index is 0.176. The number of halogens is 1. The Morgan fingerprint density at radius 3 is 2.53 bits per heavy atom. The molecule has 1 aromatic rings. The van der Waals surface area contributed by atoms with E-state index in [-0.39, 0.29) is 24.3 Å². The number of carbonyl (C=O) groups is 2. The average Bonchev–Trinajstić information content (AvgIpc) is 2.37. The highest BCUT2D eigenvalue weighted by Gasteiger charge is 2.15. The van der Waals surface area contributed by atoms with Crippen LogP contribution in [0.25, 0.3) is 0 Å². The van der Waals surface area contributed by atoms with Crippen molar-refractivity contribution in [2.24, 2.45) is 11.7 Å². The lowest BCUT2D eigenvalue weighted by atomic mass is 10.1. The van der Waals surface area contributed by atoms with Crippen molar-refractivity contribution in [3.63, 3.8) is 0 Å². The largest absolute Gasteiger partial charge is 0.345 e. The van der Waals surface area contributed by atoms with Crippen LogP contribution in [0.4, 0.5) is 5.69 Å². The summed E-state index contributed by atoms with van der Waals surface area (Å²) in [6.45, 7) is 2.01. The molecule has 1 atom stereocenters. The molecule has 0 aliphatic rings. The summed E-state index contributed by atoms with van der Waals surface area (Å²) in [5, 5.41) is 3.00. The van der Waals surface area contributed by atoms with Crippen LogP contribution in [-0.2, 0) is 4.79 Å². The summed E-state index contributed by atoms with van der Waals surface area (Å²) in [6, 6.07) is 4.79. The zero-order valence-corrected chi connectivity index (χ0v) is 12.0. The molecular weight excluding hydrogens is 266 g/mol. The van der Waals surface area contributed by atoms with Crippen molar-refractivity contribution >= 4 is 29.1 Å². The Kier molecular flexibility index (Phi) is 5.32. The van der Waals surface area contributed by atoms with Crippen LogP contribution in [-0.4, -0.2) is 37.4 Å². The normalized spacial score (nSPS) is 11.8. The van der Waals surface area contributed by atoms with Gasteiger partial charge < -0.3 is 16.0 Å². The number of nitrogens with zero attached hydrogens (tertiary/aromatic N) is 1. The summed E-state index contributed by atoms with van der Waals surface area (Å²) in [5.74, 6) is -0.634. The van der Waals surface area contributed by atoms with E-state index in [9.17, 15) is 9.59 Å². The molecule has 1 unspecified atom stereocenters. The second-order valence-corrected chi connectivity index (χ2v) is 4.93. The molecule has 0 bridgehead atoms. The fourth-order valence-corrected chi connectivity index (χ4v) is 1.64. The standard InChI is InChI=1S/C13H18ClN3O2/c1-8(7-15)12(18)16-9-4-5-10(11(14)6-9)13(19)17(2)3/h4-6,8H,7,15H2,1-3H3,(H,16,18). The number of nitrogens with one attached hydrogen (secondary N) is 1. The first kappa shape index (κ1) is 15.5. The molecule has 0 saturated carbocycles. The van der Waals surface area contributed by atoms with Crippen molar-refractivity contribution < 1.29 is 9.59 Å². The number of hydrogen-bond acceptors (Lipinski definition) is 3. The molecule has 0 radical (unpaired) electrons. The Bertz CT molecular complexity index is 489. The van der Waals surface area contributed by atoms with E-state index >= 15 is 0 Å².